The van der Waals surface area contributed by atoms with Crippen molar-refractivity contribution in [1.82, 2.24) is 15.1 Å². The Morgan fingerprint density at radius 3 is 2.30 bits per heavy atom. The summed E-state index contributed by atoms with van der Waals surface area (Å²) < 4.78 is 11.5. The van der Waals surface area contributed by atoms with Gasteiger partial charge in [-0.05, 0) is 25.0 Å². The summed E-state index contributed by atoms with van der Waals surface area (Å²) in [5.41, 5.74) is 0.437. The number of hydrogen-bond donors (Lipinski definition) is 0. The van der Waals surface area contributed by atoms with Crippen LogP contribution in [0.1, 0.15) is 36.2 Å². The van der Waals surface area contributed by atoms with Crippen LogP contribution in [0.3, 0.4) is 0 Å². The van der Waals surface area contributed by atoms with Crippen molar-refractivity contribution in [3.63, 3.8) is 0 Å². The lowest BCUT2D eigenvalue weighted by Crippen LogP contribution is -2.45. The lowest BCUT2D eigenvalue weighted by Gasteiger charge is -2.37. The Morgan fingerprint density at radius 2 is 1.70 bits per heavy atom. The molecule has 0 aromatic carbocycles. The fraction of sp³-hybridized carbons (Fsp3) is 0.688. The lowest BCUT2D eigenvalue weighted by atomic mass is 10.0. The van der Waals surface area contributed by atoms with E-state index >= 15 is 0 Å². The molecule has 1 amide bonds. The lowest BCUT2D eigenvalue weighted by molar-refractivity contribution is -0.169. The minimum Gasteiger partial charge on any atom is -0.355 e. The SMILES string of the molecule is O=C(c1ccc(N2CCC3(CC2)OCCO3)nn1)N1CCCC1. The molecule has 0 saturated carbocycles. The molecule has 3 saturated heterocycles. The second-order valence-corrected chi connectivity index (χ2v) is 6.37. The van der Waals surface area contributed by atoms with E-state index in [4.69, 9.17) is 9.47 Å². The zero-order valence-electron chi connectivity index (χ0n) is 13.2. The van der Waals surface area contributed by atoms with Gasteiger partial charge < -0.3 is 19.3 Å². The summed E-state index contributed by atoms with van der Waals surface area (Å²) >= 11 is 0. The minimum atomic E-state index is -0.379. The van der Waals surface area contributed by atoms with Crippen LogP contribution in [0.2, 0.25) is 0 Å². The third-order valence-corrected chi connectivity index (χ3v) is 4.93. The summed E-state index contributed by atoms with van der Waals surface area (Å²) in [7, 11) is 0. The molecule has 7 nitrogen and oxygen atoms in total. The second kappa shape index (κ2) is 6.05. The Balaban J connectivity index is 1.39. The number of piperidine rings is 1. The minimum absolute atomic E-state index is 0.00750. The van der Waals surface area contributed by atoms with Crippen LogP contribution in [0.5, 0.6) is 0 Å². The molecule has 3 fully saturated rings. The van der Waals surface area contributed by atoms with Crippen molar-refractivity contribution in [3.8, 4) is 0 Å². The molecule has 3 aliphatic heterocycles. The smallest absolute Gasteiger partial charge is 0.274 e. The van der Waals surface area contributed by atoms with Gasteiger partial charge in [0.25, 0.3) is 5.91 Å². The average molecular weight is 318 g/mol. The van der Waals surface area contributed by atoms with Crippen LogP contribution in [0.25, 0.3) is 0 Å². The van der Waals surface area contributed by atoms with Crippen molar-refractivity contribution in [2.24, 2.45) is 0 Å². The van der Waals surface area contributed by atoms with Crippen LogP contribution < -0.4 is 4.90 Å². The maximum Gasteiger partial charge on any atom is 0.274 e. The monoisotopic (exact) mass is 318 g/mol. The topological polar surface area (TPSA) is 67.8 Å². The number of carbonyl (C=O) groups is 1. The number of carbonyl (C=O) groups excluding carboxylic acids is 1. The molecule has 0 aliphatic carbocycles. The molecule has 0 atom stereocenters. The van der Waals surface area contributed by atoms with E-state index in [2.05, 4.69) is 15.1 Å². The summed E-state index contributed by atoms with van der Waals surface area (Å²) in [5, 5.41) is 8.40. The van der Waals surface area contributed by atoms with E-state index in [1.54, 1.807) is 6.07 Å². The van der Waals surface area contributed by atoms with Gasteiger partial charge in [0, 0.05) is 39.0 Å². The molecule has 0 unspecified atom stereocenters. The summed E-state index contributed by atoms with van der Waals surface area (Å²) in [5.74, 6) is 0.429. The molecule has 124 valence electrons. The van der Waals surface area contributed by atoms with Gasteiger partial charge in [-0.15, -0.1) is 10.2 Å². The largest absolute Gasteiger partial charge is 0.355 e. The average Bonchev–Trinajstić information content (AvgIpc) is 3.28. The molecular weight excluding hydrogens is 296 g/mol. The molecule has 0 radical (unpaired) electrons. The van der Waals surface area contributed by atoms with Gasteiger partial charge in [0.15, 0.2) is 17.3 Å². The molecule has 4 rings (SSSR count). The van der Waals surface area contributed by atoms with Gasteiger partial charge in [-0.2, -0.15) is 0 Å². The zero-order valence-corrected chi connectivity index (χ0v) is 13.2. The van der Waals surface area contributed by atoms with Gasteiger partial charge in [0.2, 0.25) is 0 Å². The summed E-state index contributed by atoms with van der Waals surface area (Å²) in [6, 6.07) is 3.68. The first-order valence-electron chi connectivity index (χ1n) is 8.42. The van der Waals surface area contributed by atoms with Crippen LogP contribution in [0.4, 0.5) is 5.82 Å². The summed E-state index contributed by atoms with van der Waals surface area (Å²) in [6.45, 7) is 4.69. The Labute approximate surface area is 135 Å². The number of amides is 1. The molecule has 1 spiro atoms. The number of nitrogens with zero attached hydrogens (tertiary/aromatic N) is 4. The molecule has 4 heterocycles. The van der Waals surface area contributed by atoms with Crippen molar-refractivity contribution in [1.29, 1.82) is 0 Å². The van der Waals surface area contributed by atoms with Crippen molar-refractivity contribution >= 4 is 11.7 Å². The highest BCUT2D eigenvalue weighted by Gasteiger charge is 2.40. The van der Waals surface area contributed by atoms with E-state index in [9.17, 15) is 4.79 Å². The fourth-order valence-electron chi connectivity index (χ4n) is 3.55. The van der Waals surface area contributed by atoms with Crippen LogP contribution in [0, 0.1) is 0 Å². The van der Waals surface area contributed by atoms with Crippen molar-refractivity contribution in [3.05, 3.63) is 17.8 Å². The Morgan fingerprint density at radius 1 is 1.00 bits per heavy atom. The van der Waals surface area contributed by atoms with E-state index in [-0.39, 0.29) is 11.7 Å². The van der Waals surface area contributed by atoms with Gasteiger partial charge in [0.05, 0.1) is 13.2 Å². The van der Waals surface area contributed by atoms with E-state index in [0.717, 1.165) is 57.7 Å². The van der Waals surface area contributed by atoms with Gasteiger partial charge in [-0.25, -0.2) is 0 Å². The third kappa shape index (κ3) is 2.90. The molecule has 1 aromatic heterocycles. The predicted molar refractivity (Wildman–Crippen MR) is 83.3 cm³/mol. The molecule has 0 bridgehead atoms. The van der Waals surface area contributed by atoms with Crippen molar-refractivity contribution < 1.29 is 14.3 Å². The van der Waals surface area contributed by atoms with E-state index in [1.807, 2.05) is 11.0 Å². The molecular formula is C16H22N4O3. The Hall–Kier alpha value is -1.73. The number of likely N-dealkylation sites (tertiary alicyclic amines) is 1. The first kappa shape index (κ1) is 14.8. The van der Waals surface area contributed by atoms with Crippen LogP contribution >= 0.6 is 0 Å². The van der Waals surface area contributed by atoms with Gasteiger partial charge in [-0.3, -0.25) is 4.79 Å². The third-order valence-electron chi connectivity index (χ3n) is 4.93. The maximum atomic E-state index is 12.3. The second-order valence-electron chi connectivity index (χ2n) is 6.37. The quantitative estimate of drug-likeness (QED) is 0.812. The predicted octanol–water partition coefficient (Wildman–Crippen LogP) is 1.06. The van der Waals surface area contributed by atoms with Gasteiger partial charge >= 0.3 is 0 Å². The van der Waals surface area contributed by atoms with Crippen LogP contribution in [-0.4, -0.2) is 66.2 Å². The van der Waals surface area contributed by atoms with Gasteiger partial charge in [0.1, 0.15) is 0 Å². The van der Waals surface area contributed by atoms with Crippen LogP contribution in [0.15, 0.2) is 12.1 Å². The number of anilines is 1. The zero-order chi connectivity index (χ0) is 15.7. The highest BCUT2D eigenvalue weighted by Crippen LogP contribution is 2.32. The molecule has 0 N–H and O–H groups in total. The standard InChI is InChI=1S/C16H22N4O3/c21-15(20-7-1-2-8-20)13-3-4-14(18-17-13)19-9-5-16(6-10-19)22-11-12-23-16/h3-4H,1-2,5-12H2. The van der Waals surface area contributed by atoms with E-state index < -0.39 is 0 Å². The number of rotatable bonds is 2. The molecule has 3 aliphatic rings. The first-order chi connectivity index (χ1) is 11.3. The number of aromatic nitrogens is 2. The van der Waals surface area contributed by atoms with Crippen molar-refractivity contribution in [2.75, 3.05) is 44.3 Å². The maximum absolute atomic E-state index is 12.3. The summed E-state index contributed by atoms with van der Waals surface area (Å²) in [4.78, 5) is 16.3. The molecule has 7 heteroatoms. The van der Waals surface area contributed by atoms with Crippen LogP contribution in [-0.2, 0) is 9.47 Å². The summed E-state index contributed by atoms with van der Waals surface area (Å²) in [6.07, 6.45) is 3.83. The molecule has 1 aromatic rings. The fourth-order valence-corrected chi connectivity index (χ4v) is 3.55. The van der Waals surface area contributed by atoms with Crippen molar-refractivity contribution in [2.45, 2.75) is 31.5 Å². The first-order valence-corrected chi connectivity index (χ1v) is 8.42. The highest BCUT2D eigenvalue weighted by molar-refractivity contribution is 5.92. The number of hydrogen-bond acceptors (Lipinski definition) is 6. The number of ether oxygens (including phenoxy) is 2. The van der Waals surface area contributed by atoms with E-state index in [1.165, 1.54) is 0 Å². The molecule has 23 heavy (non-hydrogen) atoms. The normalized spacial score (nSPS) is 23.7. The Bertz CT molecular complexity index is 555. The highest BCUT2D eigenvalue weighted by atomic mass is 16.7. The van der Waals surface area contributed by atoms with E-state index in [0.29, 0.717) is 18.9 Å². The Kier molecular flexibility index (Phi) is 3.90. The van der Waals surface area contributed by atoms with Gasteiger partial charge in [-0.1, -0.05) is 0 Å².